The van der Waals surface area contributed by atoms with Gasteiger partial charge >= 0.3 is 0 Å². The molecule has 0 amide bonds. The minimum Gasteiger partial charge on any atom is -0.370 e. The number of Topliss-reactive ketones (excluding diaryl/α,β-unsaturated/α-hetero) is 1. The zero-order chi connectivity index (χ0) is 19.7. The molecule has 4 rings (SSSR count). The van der Waals surface area contributed by atoms with Crippen molar-refractivity contribution in [3.8, 4) is 0 Å². The summed E-state index contributed by atoms with van der Waals surface area (Å²) in [4.78, 5) is 22.2. The number of benzene rings is 1. The quantitative estimate of drug-likeness (QED) is 0.776. The molecule has 0 aliphatic carbocycles. The predicted molar refractivity (Wildman–Crippen MR) is 116 cm³/mol. The molecule has 0 N–H and O–H groups in total. The molecule has 2 fully saturated rings. The number of ketones is 1. The van der Waals surface area contributed by atoms with Gasteiger partial charge in [-0.25, -0.2) is 0 Å². The van der Waals surface area contributed by atoms with Crippen molar-refractivity contribution < 1.29 is 4.79 Å². The fourth-order valence-electron chi connectivity index (χ4n) is 5.32. The molecule has 2 aliphatic rings. The van der Waals surface area contributed by atoms with Crippen LogP contribution in [0.3, 0.4) is 0 Å². The lowest BCUT2D eigenvalue weighted by atomic mass is 9.85. The van der Waals surface area contributed by atoms with Gasteiger partial charge in [-0.3, -0.25) is 9.78 Å². The molecule has 1 aromatic carbocycles. The molecule has 2 aromatic rings. The number of anilines is 1. The number of hydrogen-bond acceptors (Lipinski definition) is 4. The first kappa shape index (κ1) is 19.4. The normalized spacial score (nSPS) is 26.1. The highest BCUT2D eigenvalue weighted by molar-refractivity contribution is 5.93. The molecule has 2 aliphatic heterocycles. The number of pyridine rings is 1. The van der Waals surface area contributed by atoms with Crippen LogP contribution in [0.15, 0.2) is 30.5 Å². The summed E-state index contributed by atoms with van der Waals surface area (Å²) in [7, 11) is 2.16. The van der Waals surface area contributed by atoms with E-state index in [4.69, 9.17) is 0 Å². The lowest BCUT2D eigenvalue weighted by Gasteiger charge is -2.38. The number of nitrogens with zero attached hydrogens (tertiary/aromatic N) is 3. The number of carbonyl (C=O) groups excluding carboxylic acids is 1. The predicted octanol–water partition coefficient (Wildman–Crippen LogP) is 4.31. The number of rotatable bonds is 5. The van der Waals surface area contributed by atoms with Crippen LogP contribution in [0, 0.1) is 24.7 Å². The van der Waals surface area contributed by atoms with E-state index in [0.717, 1.165) is 51.0 Å². The monoisotopic (exact) mass is 379 g/mol. The summed E-state index contributed by atoms with van der Waals surface area (Å²) in [5.41, 5.74) is 3.59. The van der Waals surface area contributed by atoms with Gasteiger partial charge in [-0.1, -0.05) is 13.0 Å². The Kier molecular flexibility index (Phi) is 5.68. The third-order valence-corrected chi connectivity index (χ3v) is 6.56. The van der Waals surface area contributed by atoms with Gasteiger partial charge < -0.3 is 9.80 Å². The Morgan fingerprint density at radius 3 is 2.75 bits per heavy atom. The fraction of sp³-hybridized carbons (Fsp3) is 0.583. The molecule has 150 valence electrons. The second-order valence-electron chi connectivity index (χ2n) is 9.28. The highest BCUT2D eigenvalue weighted by atomic mass is 16.1. The number of likely N-dealkylation sites (tertiary alicyclic amines) is 1. The SMILES string of the molecule is Cc1ccc(N2C[C@@H](C)C[C@@H](CC(=O)CC3CCN(C)C3)C2)c2cccnc12. The maximum absolute atomic E-state index is 12.7. The van der Waals surface area contributed by atoms with Crippen molar-refractivity contribution in [3.05, 3.63) is 36.0 Å². The van der Waals surface area contributed by atoms with E-state index in [1.165, 1.54) is 23.1 Å². The van der Waals surface area contributed by atoms with E-state index in [-0.39, 0.29) is 0 Å². The van der Waals surface area contributed by atoms with Gasteiger partial charge in [0.05, 0.1) is 5.52 Å². The third-order valence-electron chi connectivity index (χ3n) is 6.56. The van der Waals surface area contributed by atoms with E-state index in [2.05, 4.69) is 53.9 Å². The molecule has 28 heavy (non-hydrogen) atoms. The summed E-state index contributed by atoms with van der Waals surface area (Å²) >= 11 is 0. The first-order valence-corrected chi connectivity index (χ1v) is 10.8. The zero-order valence-corrected chi connectivity index (χ0v) is 17.5. The van der Waals surface area contributed by atoms with Crippen LogP contribution >= 0.6 is 0 Å². The Labute approximate surface area is 168 Å². The average molecular weight is 380 g/mol. The van der Waals surface area contributed by atoms with Crippen molar-refractivity contribution in [1.29, 1.82) is 0 Å². The van der Waals surface area contributed by atoms with Crippen LogP contribution in [0.4, 0.5) is 5.69 Å². The van der Waals surface area contributed by atoms with E-state index in [0.29, 0.717) is 23.5 Å². The van der Waals surface area contributed by atoms with Gasteiger partial charge in [-0.05, 0) is 74.9 Å². The molecule has 0 saturated carbocycles. The van der Waals surface area contributed by atoms with Gasteiger partial charge in [-0.2, -0.15) is 0 Å². The Bertz CT molecular complexity index is 849. The van der Waals surface area contributed by atoms with Crippen molar-refractivity contribution in [3.63, 3.8) is 0 Å². The van der Waals surface area contributed by atoms with Crippen LogP contribution in [0.2, 0.25) is 0 Å². The summed E-state index contributed by atoms with van der Waals surface area (Å²) in [6.45, 7) is 8.71. The molecule has 4 nitrogen and oxygen atoms in total. The average Bonchev–Trinajstić information content (AvgIpc) is 3.06. The van der Waals surface area contributed by atoms with Gasteiger partial charge in [0.15, 0.2) is 0 Å². The van der Waals surface area contributed by atoms with E-state index >= 15 is 0 Å². The summed E-state index contributed by atoms with van der Waals surface area (Å²) in [5, 5.41) is 1.23. The molecule has 2 saturated heterocycles. The molecular formula is C24H33N3O. The van der Waals surface area contributed by atoms with Crippen molar-refractivity contribution in [2.24, 2.45) is 17.8 Å². The Hall–Kier alpha value is -1.94. The molecular weight excluding hydrogens is 346 g/mol. The fourth-order valence-corrected chi connectivity index (χ4v) is 5.32. The Morgan fingerprint density at radius 2 is 1.96 bits per heavy atom. The van der Waals surface area contributed by atoms with Crippen molar-refractivity contribution in [1.82, 2.24) is 9.88 Å². The smallest absolute Gasteiger partial charge is 0.133 e. The molecule has 1 unspecified atom stereocenters. The van der Waals surface area contributed by atoms with Crippen molar-refractivity contribution in [2.45, 2.75) is 39.5 Å². The Balaban J connectivity index is 1.47. The highest BCUT2D eigenvalue weighted by Gasteiger charge is 2.29. The summed E-state index contributed by atoms with van der Waals surface area (Å²) in [6, 6.07) is 8.63. The molecule has 1 aromatic heterocycles. The molecule has 0 bridgehead atoms. The number of aryl methyl sites for hydroxylation is 1. The first-order valence-electron chi connectivity index (χ1n) is 10.8. The molecule has 3 heterocycles. The summed E-state index contributed by atoms with van der Waals surface area (Å²) < 4.78 is 0. The number of fused-ring (bicyclic) bond motifs is 1. The van der Waals surface area contributed by atoms with Gasteiger partial charge in [0.2, 0.25) is 0 Å². The number of hydrogen-bond donors (Lipinski definition) is 0. The number of carbonyl (C=O) groups is 1. The maximum Gasteiger partial charge on any atom is 0.133 e. The van der Waals surface area contributed by atoms with Crippen molar-refractivity contribution >= 4 is 22.4 Å². The van der Waals surface area contributed by atoms with Crippen LogP contribution in [-0.4, -0.2) is 48.9 Å². The summed E-state index contributed by atoms with van der Waals surface area (Å²) in [6.07, 6.45) is 5.72. The second kappa shape index (κ2) is 8.20. The topological polar surface area (TPSA) is 36.4 Å². The third kappa shape index (κ3) is 4.22. The number of piperidine rings is 1. The zero-order valence-electron chi connectivity index (χ0n) is 17.5. The first-order chi connectivity index (χ1) is 13.5. The second-order valence-corrected chi connectivity index (χ2v) is 9.28. The molecule has 0 spiro atoms. The minimum atomic E-state index is 0.461. The van der Waals surface area contributed by atoms with Crippen LogP contribution in [0.25, 0.3) is 10.9 Å². The van der Waals surface area contributed by atoms with Crippen LogP contribution in [0.1, 0.15) is 38.2 Å². The van der Waals surface area contributed by atoms with Gasteiger partial charge in [0.25, 0.3) is 0 Å². The van der Waals surface area contributed by atoms with E-state index in [1.54, 1.807) is 0 Å². The standard InChI is InChI=1S/C24H33N3O/c1-17-11-20(13-21(28)12-19-8-10-26(3)15-19)16-27(14-17)23-7-6-18(2)24-22(23)5-4-9-25-24/h4-7,9,17,19-20H,8,10-16H2,1-3H3/t17-,19?,20-/m0/s1. The highest BCUT2D eigenvalue weighted by Crippen LogP contribution is 2.34. The lowest BCUT2D eigenvalue weighted by molar-refractivity contribution is -0.120. The van der Waals surface area contributed by atoms with Crippen LogP contribution in [0.5, 0.6) is 0 Å². The maximum atomic E-state index is 12.7. The van der Waals surface area contributed by atoms with E-state index in [9.17, 15) is 4.79 Å². The summed E-state index contributed by atoms with van der Waals surface area (Å²) in [5.74, 6) is 2.11. The van der Waals surface area contributed by atoms with Crippen LogP contribution < -0.4 is 4.90 Å². The molecule has 0 radical (unpaired) electrons. The van der Waals surface area contributed by atoms with Gasteiger partial charge in [0, 0.05) is 49.7 Å². The largest absolute Gasteiger partial charge is 0.370 e. The number of aromatic nitrogens is 1. The molecule has 4 heteroatoms. The van der Waals surface area contributed by atoms with E-state index in [1.807, 2.05) is 12.3 Å². The van der Waals surface area contributed by atoms with Crippen molar-refractivity contribution in [2.75, 3.05) is 38.1 Å². The lowest BCUT2D eigenvalue weighted by Crippen LogP contribution is -2.40. The van der Waals surface area contributed by atoms with Gasteiger partial charge in [-0.15, -0.1) is 0 Å². The van der Waals surface area contributed by atoms with Gasteiger partial charge in [0.1, 0.15) is 5.78 Å². The van der Waals surface area contributed by atoms with Crippen LogP contribution in [-0.2, 0) is 4.79 Å². The molecule has 3 atom stereocenters. The minimum absolute atomic E-state index is 0.461. The van der Waals surface area contributed by atoms with E-state index < -0.39 is 0 Å². The Morgan fingerprint density at radius 1 is 1.14 bits per heavy atom.